The summed E-state index contributed by atoms with van der Waals surface area (Å²) in [6.07, 6.45) is 1.97. The highest BCUT2D eigenvalue weighted by Gasteiger charge is 2.28. The number of carbonyl (C=O) groups is 1. The number of amides is 2. The molecule has 0 aromatic heterocycles. The van der Waals surface area contributed by atoms with Gasteiger partial charge in [0.15, 0.2) is 0 Å². The van der Waals surface area contributed by atoms with E-state index in [-0.39, 0.29) is 23.4 Å². The lowest BCUT2D eigenvalue weighted by Gasteiger charge is -2.40. The van der Waals surface area contributed by atoms with Gasteiger partial charge >= 0.3 is 6.03 Å². The van der Waals surface area contributed by atoms with Crippen LogP contribution >= 0.6 is 0 Å². The Balaban J connectivity index is 1.43. The number of carbonyl (C=O) groups excluding carboxylic acids is 1. The minimum atomic E-state index is -0.283. The molecule has 2 aromatic carbocycles. The molecule has 4 rings (SSSR count). The van der Waals surface area contributed by atoms with Crippen molar-refractivity contribution in [2.75, 3.05) is 49.6 Å². The highest BCUT2D eigenvalue weighted by molar-refractivity contribution is 5.93. The van der Waals surface area contributed by atoms with Crippen LogP contribution in [0, 0.1) is 5.82 Å². The van der Waals surface area contributed by atoms with E-state index in [0.717, 1.165) is 56.9 Å². The van der Waals surface area contributed by atoms with Gasteiger partial charge in [-0.15, -0.1) is 0 Å². The topological polar surface area (TPSA) is 48.1 Å². The second-order valence-electron chi connectivity index (χ2n) is 10.3. The second-order valence-corrected chi connectivity index (χ2v) is 10.3. The van der Waals surface area contributed by atoms with E-state index in [1.807, 2.05) is 25.7 Å². The van der Waals surface area contributed by atoms with Crippen LogP contribution in [0.2, 0.25) is 0 Å². The SMILES string of the molecule is COc1cc(F)ccc1N1CCN(C(C)c2ccc3c(c2)CCCN3C(=O)NC(C)(C)C)CC1. The number of halogens is 1. The molecule has 7 heteroatoms. The predicted molar refractivity (Wildman–Crippen MR) is 136 cm³/mol. The molecule has 2 amide bonds. The average molecular weight is 469 g/mol. The van der Waals surface area contributed by atoms with Crippen molar-refractivity contribution in [3.8, 4) is 5.75 Å². The zero-order chi connectivity index (χ0) is 24.5. The van der Waals surface area contributed by atoms with Crippen LogP contribution in [0.3, 0.4) is 0 Å². The molecule has 0 saturated carbocycles. The number of anilines is 2. The summed E-state index contributed by atoms with van der Waals surface area (Å²) in [5.74, 6) is 0.297. The number of piperazine rings is 1. The summed E-state index contributed by atoms with van der Waals surface area (Å²) < 4.78 is 19.0. The van der Waals surface area contributed by atoms with Crippen LogP contribution in [-0.2, 0) is 6.42 Å². The van der Waals surface area contributed by atoms with E-state index in [4.69, 9.17) is 4.74 Å². The van der Waals surface area contributed by atoms with Crippen LogP contribution in [0.5, 0.6) is 5.75 Å². The highest BCUT2D eigenvalue weighted by Crippen LogP contribution is 2.34. The van der Waals surface area contributed by atoms with Gasteiger partial charge in [0.25, 0.3) is 0 Å². The largest absolute Gasteiger partial charge is 0.494 e. The zero-order valence-electron chi connectivity index (χ0n) is 21.0. The molecular weight excluding hydrogens is 431 g/mol. The Morgan fingerprint density at radius 1 is 1.03 bits per heavy atom. The lowest BCUT2D eigenvalue weighted by Crippen LogP contribution is -2.50. The van der Waals surface area contributed by atoms with Gasteiger partial charge in [0.05, 0.1) is 12.8 Å². The Kier molecular flexibility index (Phi) is 7.03. The fourth-order valence-corrected chi connectivity index (χ4v) is 4.95. The summed E-state index contributed by atoms with van der Waals surface area (Å²) in [6.45, 7) is 12.6. The minimum absolute atomic E-state index is 0.0263. The van der Waals surface area contributed by atoms with Gasteiger partial charge in [0, 0.05) is 56.1 Å². The number of rotatable bonds is 4. The molecule has 2 aliphatic rings. The van der Waals surface area contributed by atoms with Gasteiger partial charge in [-0.3, -0.25) is 9.80 Å². The molecule has 2 heterocycles. The first kappa shape index (κ1) is 24.3. The molecule has 0 radical (unpaired) electrons. The van der Waals surface area contributed by atoms with E-state index in [1.54, 1.807) is 13.2 Å². The maximum atomic E-state index is 13.6. The van der Waals surface area contributed by atoms with Crippen molar-refractivity contribution in [3.63, 3.8) is 0 Å². The standard InChI is InChI=1S/C27H37FN4O2/c1-19(30-13-15-31(16-14-30)24-11-9-22(28)18-25(24)34-5)20-8-10-23-21(17-20)7-6-12-32(23)26(33)29-27(2,3)4/h8-11,17-19H,6-7,12-16H2,1-5H3,(H,29,33). The minimum Gasteiger partial charge on any atom is -0.494 e. The average Bonchev–Trinajstić information content (AvgIpc) is 2.81. The van der Waals surface area contributed by atoms with E-state index in [0.29, 0.717) is 5.75 Å². The Hall–Kier alpha value is -2.80. The van der Waals surface area contributed by atoms with Crippen LogP contribution in [0.25, 0.3) is 0 Å². The predicted octanol–water partition coefficient (Wildman–Crippen LogP) is 4.98. The molecule has 0 bridgehead atoms. The number of benzene rings is 2. The Labute approximate surface area is 202 Å². The van der Waals surface area contributed by atoms with Crippen molar-refractivity contribution in [2.45, 2.75) is 52.1 Å². The number of methoxy groups -OCH3 is 1. The van der Waals surface area contributed by atoms with Crippen LogP contribution in [0.15, 0.2) is 36.4 Å². The van der Waals surface area contributed by atoms with E-state index < -0.39 is 0 Å². The first-order valence-electron chi connectivity index (χ1n) is 12.2. The fraction of sp³-hybridized carbons (Fsp3) is 0.519. The van der Waals surface area contributed by atoms with Crippen LogP contribution in [0.4, 0.5) is 20.6 Å². The monoisotopic (exact) mass is 468 g/mol. The molecule has 0 spiro atoms. The molecule has 6 nitrogen and oxygen atoms in total. The van der Waals surface area contributed by atoms with Crippen LogP contribution in [0.1, 0.15) is 51.3 Å². The molecule has 34 heavy (non-hydrogen) atoms. The smallest absolute Gasteiger partial charge is 0.322 e. The number of ether oxygens (including phenoxy) is 1. The number of fused-ring (bicyclic) bond motifs is 1. The van der Waals surface area contributed by atoms with E-state index in [1.165, 1.54) is 23.3 Å². The third kappa shape index (κ3) is 5.30. The first-order valence-corrected chi connectivity index (χ1v) is 12.2. The van der Waals surface area contributed by atoms with E-state index in [9.17, 15) is 9.18 Å². The van der Waals surface area contributed by atoms with Crippen LogP contribution in [-0.4, -0.2) is 56.3 Å². The molecule has 1 fully saturated rings. The van der Waals surface area contributed by atoms with Crippen molar-refractivity contribution >= 4 is 17.4 Å². The summed E-state index contributed by atoms with van der Waals surface area (Å²) in [4.78, 5) is 19.5. The fourth-order valence-electron chi connectivity index (χ4n) is 4.95. The number of aryl methyl sites for hydroxylation is 1. The van der Waals surface area contributed by atoms with Gasteiger partial charge in [-0.1, -0.05) is 12.1 Å². The summed E-state index contributed by atoms with van der Waals surface area (Å²) in [5.41, 5.74) is 4.23. The van der Waals surface area contributed by atoms with E-state index >= 15 is 0 Å². The number of nitrogens with zero attached hydrogens (tertiary/aromatic N) is 3. The molecule has 0 aliphatic carbocycles. The Morgan fingerprint density at radius 2 is 1.74 bits per heavy atom. The van der Waals surface area contributed by atoms with Gasteiger partial charge in [-0.2, -0.15) is 0 Å². The number of urea groups is 1. The van der Waals surface area contributed by atoms with Crippen molar-refractivity contribution in [2.24, 2.45) is 0 Å². The second kappa shape index (κ2) is 9.82. The number of hydrogen-bond donors (Lipinski definition) is 1. The molecule has 1 N–H and O–H groups in total. The molecule has 1 atom stereocenters. The summed E-state index contributed by atoms with van der Waals surface area (Å²) in [5, 5.41) is 3.09. The van der Waals surface area contributed by atoms with Crippen molar-refractivity contribution in [3.05, 3.63) is 53.3 Å². The van der Waals surface area contributed by atoms with E-state index in [2.05, 4.69) is 40.2 Å². The summed E-state index contributed by atoms with van der Waals surface area (Å²) in [6, 6.07) is 11.6. The molecule has 2 aliphatic heterocycles. The van der Waals surface area contributed by atoms with Gasteiger partial charge in [-0.25, -0.2) is 9.18 Å². The van der Waals surface area contributed by atoms with Crippen molar-refractivity contribution in [1.29, 1.82) is 0 Å². The lowest BCUT2D eigenvalue weighted by atomic mass is 9.96. The van der Waals surface area contributed by atoms with Gasteiger partial charge in [-0.05, 0) is 69.9 Å². The third-order valence-electron chi connectivity index (χ3n) is 6.78. The number of nitrogens with one attached hydrogen (secondary N) is 1. The molecule has 2 aromatic rings. The van der Waals surface area contributed by atoms with Gasteiger partial charge in [0.2, 0.25) is 0 Å². The first-order chi connectivity index (χ1) is 16.2. The Bertz CT molecular complexity index is 1030. The summed E-state index contributed by atoms with van der Waals surface area (Å²) in [7, 11) is 1.58. The van der Waals surface area contributed by atoms with Crippen molar-refractivity contribution < 1.29 is 13.9 Å². The number of hydrogen-bond acceptors (Lipinski definition) is 4. The zero-order valence-corrected chi connectivity index (χ0v) is 21.0. The third-order valence-corrected chi connectivity index (χ3v) is 6.78. The van der Waals surface area contributed by atoms with Crippen molar-refractivity contribution in [1.82, 2.24) is 10.2 Å². The molecule has 1 saturated heterocycles. The molecular formula is C27H37FN4O2. The quantitative estimate of drug-likeness (QED) is 0.688. The highest BCUT2D eigenvalue weighted by atomic mass is 19.1. The van der Waals surface area contributed by atoms with Gasteiger partial charge < -0.3 is 15.0 Å². The van der Waals surface area contributed by atoms with Gasteiger partial charge in [0.1, 0.15) is 11.6 Å². The molecule has 184 valence electrons. The Morgan fingerprint density at radius 3 is 2.41 bits per heavy atom. The lowest BCUT2D eigenvalue weighted by molar-refractivity contribution is 0.198. The summed E-state index contributed by atoms with van der Waals surface area (Å²) >= 11 is 0. The maximum Gasteiger partial charge on any atom is 0.322 e. The maximum absolute atomic E-state index is 13.6. The normalized spacial score (nSPS) is 17.8. The molecule has 1 unspecified atom stereocenters. The van der Waals surface area contributed by atoms with Crippen LogP contribution < -0.4 is 19.9 Å².